The molecule has 0 fully saturated rings. The molecule has 0 radical (unpaired) electrons. The lowest BCUT2D eigenvalue weighted by atomic mass is 9.82. The molecule has 0 aromatic rings. The van der Waals surface area contributed by atoms with Crippen LogP contribution in [0.25, 0.3) is 0 Å². The van der Waals surface area contributed by atoms with E-state index in [4.69, 9.17) is 16.3 Å². The summed E-state index contributed by atoms with van der Waals surface area (Å²) in [5.41, 5.74) is 0.245. The molecule has 104 valence electrons. The zero-order chi connectivity index (χ0) is 13.4. The van der Waals surface area contributed by atoms with Gasteiger partial charge in [-0.15, -0.1) is 11.6 Å². The SMILES string of the molecule is CCO[C@]12CC[Si](C)(C)CCC(=C1F)C[C@@H](Cl)C2. The van der Waals surface area contributed by atoms with Crippen LogP contribution in [0.4, 0.5) is 4.39 Å². The second kappa shape index (κ2) is 5.26. The molecule has 1 nitrogen and oxygen atoms in total. The molecule has 4 heteroatoms. The molecule has 2 atom stereocenters. The predicted molar refractivity (Wildman–Crippen MR) is 77.7 cm³/mol. The smallest absolute Gasteiger partial charge is 0.131 e. The Morgan fingerprint density at radius 1 is 1.44 bits per heavy atom. The van der Waals surface area contributed by atoms with Crippen LogP contribution in [0.3, 0.4) is 0 Å². The van der Waals surface area contributed by atoms with Crippen molar-refractivity contribution in [2.75, 3.05) is 6.61 Å². The normalized spacial score (nSPS) is 36.2. The Morgan fingerprint density at radius 3 is 2.83 bits per heavy atom. The van der Waals surface area contributed by atoms with Gasteiger partial charge in [-0.25, -0.2) is 4.39 Å². The molecule has 2 rings (SSSR count). The van der Waals surface area contributed by atoms with Crippen molar-refractivity contribution in [3.05, 3.63) is 11.4 Å². The Morgan fingerprint density at radius 2 is 2.17 bits per heavy atom. The average Bonchev–Trinajstić information content (AvgIpc) is 2.29. The van der Waals surface area contributed by atoms with Crippen LogP contribution in [0, 0.1) is 0 Å². The summed E-state index contributed by atoms with van der Waals surface area (Å²) in [5, 5.41) is 0.0360. The van der Waals surface area contributed by atoms with Gasteiger partial charge in [0.2, 0.25) is 0 Å². The van der Waals surface area contributed by atoms with Gasteiger partial charge in [0.25, 0.3) is 0 Å². The first kappa shape index (κ1) is 14.5. The zero-order valence-electron chi connectivity index (χ0n) is 11.7. The fourth-order valence-corrected chi connectivity index (χ4v) is 5.99. The fourth-order valence-electron chi connectivity index (χ4n) is 3.25. The highest BCUT2D eigenvalue weighted by Gasteiger charge is 2.45. The van der Waals surface area contributed by atoms with Gasteiger partial charge in [-0.1, -0.05) is 25.2 Å². The van der Waals surface area contributed by atoms with Gasteiger partial charge < -0.3 is 4.74 Å². The molecule has 0 saturated heterocycles. The topological polar surface area (TPSA) is 9.23 Å². The van der Waals surface area contributed by atoms with Gasteiger partial charge in [0.15, 0.2) is 0 Å². The zero-order valence-corrected chi connectivity index (χ0v) is 13.4. The van der Waals surface area contributed by atoms with Gasteiger partial charge in [0, 0.05) is 20.1 Å². The molecule has 0 N–H and O–H groups in total. The van der Waals surface area contributed by atoms with E-state index in [1.807, 2.05) is 6.92 Å². The van der Waals surface area contributed by atoms with Crippen molar-refractivity contribution in [1.82, 2.24) is 0 Å². The Hall–Kier alpha value is 0.137. The van der Waals surface area contributed by atoms with Crippen LogP contribution < -0.4 is 0 Å². The van der Waals surface area contributed by atoms with Gasteiger partial charge in [-0.3, -0.25) is 0 Å². The van der Waals surface area contributed by atoms with E-state index in [-0.39, 0.29) is 11.2 Å². The lowest BCUT2D eigenvalue weighted by molar-refractivity contribution is -0.0413. The first-order valence-electron chi connectivity index (χ1n) is 7.04. The summed E-state index contributed by atoms with van der Waals surface area (Å²) in [6, 6.07) is 2.32. The Kier molecular flexibility index (Phi) is 4.25. The Labute approximate surface area is 116 Å². The third-order valence-electron chi connectivity index (χ3n) is 4.46. The van der Waals surface area contributed by atoms with Crippen molar-refractivity contribution < 1.29 is 9.13 Å². The van der Waals surface area contributed by atoms with Gasteiger partial charge in [-0.2, -0.15) is 0 Å². The van der Waals surface area contributed by atoms with Crippen molar-refractivity contribution in [3.63, 3.8) is 0 Å². The van der Waals surface area contributed by atoms with Gasteiger partial charge in [-0.05, 0) is 38.2 Å². The van der Waals surface area contributed by atoms with Crippen molar-refractivity contribution in [1.29, 1.82) is 0 Å². The summed E-state index contributed by atoms with van der Waals surface area (Å²) in [6.07, 6.45) is 3.07. The summed E-state index contributed by atoms with van der Waals surface area (Å²) in [5.74, 6) is 0.0192. The van der Waals surface area contributed by atoms with Gasteiger partial charge in [0.05, 0.1) is 0 Å². The molecule has 0 aromatic heterocycles. The highest BCUT2D eigenvalue weighted by atomic mass is 35.5. The quantitative estimate of drug-likeness (QED) is 0.520. The molecule has 2 bridgehead atoms. The number of ether oxygens (including phenoxy) is 1. The van der Waals surface area contributed by atoms with Crippen LogP contribution in [0.5, 0.6) is 0 Å². The van der Waals surface area contributed by atoms with Crippen LogP contribution in [0.1, 0.15) is 32.6 Å². The lowest BCUT2D eigenvalue weighted by Crippen LogP contribution is -2.44. The molecule has 0 unspecified atom stereocenters. The van der Waals surface area contributed by atoms with E-state index in [1.165, 1.54) is 6.04 Å². The lowest BCUT2D eigenvalue weighted by Gasteiger charge is -2.42. The third-order valence-corrected chi connectivity index (χ3v) is 7.98. The van der Waals surface area contributed by atoms with Crippen molar-refractivity contribution in [3.8, 4) is 0 Å². The maximum atomic E-state index is 14.7. The standard InChI is InChI=1S/C14H24ClFOSi/c1-4-17-14-6-8-18(2,3)7-5-11(13(14)16)9-12(15)10-14/h12H,4-10H2,1-3H3/t12-,14+/m1/s1. The second-order valence-electron chi connectivity index (χ2n) is 6.51. The second-order valence-corrected chi connectivity index (χ2v) is 12.5. The molecule has 0 saturated carbocycles. The van der Waals surface area contributed by atoms with Crippen molar-refractivity contribution >= 4 is 19.7 Å². The van der Waals surface area contributed by atoms with Crippen LogP contribution in [-0.4, -0.2) is 25.7 Å². The molecule has 1 aliphatic heterocycles. The van der Waals surface area contributed by atoms with E-state index in [2.05, 4.69) is 13.1 Å². The van der Waals surface area contributed by atoms with Gasteiger partial charge in [0.1, 0.15) is 11.4 Å². The highest BCUT2D eigenvalue weighted by molar-refractivity contribution is 6.77. The van der Waals surface area contributed by atoms with Crippen LogP contribution >= 0.6 is 11.6 Å². The van der Waals surface area contributed by atoms with Gasteiger partial charge >= 0.3 is 0 Å². The minimum atomic E-state index is -1.19. The summed E-state index contributed by atoms with van der Waals surface area (Å²) >= 11 is 6.34. The number of fused-ring (bicyclic) bond motifs is 1. The summed E-state index contributed by atoms with van der Waals surface area (Å²) < 4.78 is 20.6. The number of alkyl halides is 1. The van der Waals surface area contributed by atoms with E-state index >= 15 is 0 Å². The largest absolute Gasteiger partial charge is 0.368 e. The van der Waals surface area contributed by atoms with Crippen molar-refractivity contribution in [2.45, 2.75) is 68.8 Å². The third kappa shape index (κ3) is 2.83. The molecular weight excluding hydrogens is 267 g/mol. The van der Waals surface area contributed by atoms with E-state index < -0.39 is 13.7 Å². The summed E-state index contributed by atoms with van der Waals surface area (Å²) in [6.45, 7) is 7.32. The molecule has 18 heavy (non-hydrogen) atoms. The summed E-state index contributed by atoms with van der Waals surface area (Å²) in [7, 11) is -1.19. The molecule has 0 aromatic carbocycles. The van der Waals surface area contributed by atoms with E-state index in [9.17, 15) is 4.39 Å². The van der Waals surface area contributed by atoms with E-state index in [1.54, 1.807) is 0 Å². The van der Waals surface area contributed by atoms with Crippen LogP contribution in [-0.2, 0) is 4.74 Å². The number of allylic oxidation sites excluding steroid dienone is 1. The summed E-state index contributed by atoms with van der Waals surface area (Å²) in [4.78, 5) is 0. The predicted octanol–water partition coefficient (Wildman–Crippen LogP) is 4.89. The maximum Gasteiger partial charge on any atom is 0.131 e. The minimum absolute atomic E-state index is 0.0192. The Balaban J connectivity index is 2.36. The maximum absolute atomic E-state index is 14.7. The molecule has 1 aliphatic carbocycles. The first-order valence-corrected chi connectivity index (χ1v) is 10.9. The number of rotatable bonds is 2. The molecule has 1 heterocycles. The monoisotopic (exact) mass is 290 g/mol. The number of hydrogen-bond acceptors (Lipinski definition) is 1. The van der Waals surface area contributed by atoms with Crippen LogP contribution in [0.15, 0.2) is 11.4 Å². The van der Waals surface area contributed by atoms with E-state index in [0.29, 0.717) is 19.4 Å². The molecule has 0 spiro atoms. The number of hydrogen-bond donors (Lipinski definition) is 0. The van der Waals surface area contributed by atoms with Crippen molar-refractivity contribution in [2.24, 2.45) is 0 Å². The van der Waals surface area contributed by atoms with Crippen LogP contribution in [0.2, 0.25) is 25.2 Å². The van der Waals surface area contributed by atoms with E-state index in [0.717, 1.165) is 24.5 Å². The fraction of sp³-hybridized carbons (Fsp3) is 0.857. The number of halogens is 2. The molecule has 0 amide bonds. The molecular formula is C14H24ClFOSi. The first-order chi connectivity index (χ1) is 8.38. The minimum Gasteiger partial charge on any atom is -0.368 e. The Bertz CT molecular complexity index is 356. The highest BCUT2D eigenvalue weighted by Crippen LogP contribution is 2.47. The average molecular weight is 291 g/mol. The molecule has 2 aliphatic rings.